The molecule has 0 heterocycles. The summed E-state index contributed by atoms with van der Waals surface area (Å²) < 4.78 is 0.916. The Hall–Kier alpha value is -0.330. The van der Waals surface area contributed by atoms with Crippen molar-refractivity contribution in [2.75, 3.05) is 20.1 Å². The van der Waals surface area contributed by atoms with Crippen molar-refractivity contribution in [3.63, 3.8) is 0 Å². The Kier molecular flexibility index (Phi) is 7.10. The molecule has 0 spiro atoms. The number of benzene rings is 1. The number of nitrogens with one attached hydrogen (secondary N) is 1. The lowest BCUT2D eigenvalue weighted by molar-refractivity contribution is 0.0950. The van der Waals surface area contributed by atoms with E-state index in [-0.39, 0.29) is 5.91 Å². The van der Waals surface area contributed by atoms with Gasteiger partial charge in [-0.05, 0) is 74.7 Å². The fraction of sp³-hybridized carbons (Fsp3) is 0.500. The normalized spacial score (nSPS) is 11.1. The zero-order chi connectivity index (χ0) is 14.4. The van der Waals surface area contributed by atoms with Crippen molar-refractivity contribution in [2.24, 2.45) is 0 Å². The van der Waals surface area contributed by atoms with Crippen molar-refractivity contribution in [3.8, 4) is 0 Å². The zero-order valence-electron chi connectivity index (χ0n) is 11.5. The molecule has 0 radical (unpaired) electrons. The van der Waals surface area contributed by atoms with E-state index in [2.05, 4.69) is 53.7 Å². The Morgan fingerprint density at radius 1 is 1.47 bits per heavy atom. The predicted molar refractivity (Wildman–Crippen MR) is 88.9 cm³/mol. The summed E-state index contributed by atoms with van der Waals surface area (Å²) >= 11 is 8.05. The van der Waals surface area contributed by atoms with Gasteiger partial charge >= 0.3 is 0 Å². The molecule has 0 fully saturated rings. The van der Waals surface area contributed by atoms with Crippen molar-refractivity contribution in [2.45, 2.75) is 26.3 Å². The smallest absolute Gasteiger partial charge is 0.252 e. The maximum Gasteiger partial charge on any atom is 0.252 e. The Morgan fingerprint density at radius 2 is 2.16 bits per heavy atom. The van der Waals surface area contributed by atoms with Crippen molar-refractivity contribution >= 4 is 40.1 Å². The molecule has 0 aliphatic heterocycles. The van der Waals surface area contributed by atoms with Gasteiger partial charge in [-0.1, -0.05) is 11.6 Å². The van der Waals surface area contributed by atoms with Gasteiger partial charge in [-0.3, -0.25) is 4.79 Å². The lowest BCUT2D eigenvalue weighted by Crippen LogP contribution is -2.31. The fourth-order valence-corrected chi connectivity index (χ4v) is 2.31. The number of halogens is 2. The first-order valence-electron chi connectivity index (χ1n) is 6.35. The molecule has 0 bridgehead atoms. The third-order valence-electron chi connectivity index (χ3n) is 3.03. The van der Waals surface area contributed by atoms with Crippen LogP contribution < -0.4 is 5.32 Å². The summed E-state index contributed by atoms with van der Waals surface area (Å²) in [4.78, 5) is 14.3. The topological polar surface area (TPSA) is 32.3 Å². The highest BCUT2D eigenvalue weighted by Gasteiger charge is 2.10. The number of rotatable bonds is 6. The predicted octanol–water partition coefficient (Wildman–Crippen LogP) is 3.40. The first kappa shape index (κ1) is 16.7. The quantitative estimate of drug-likeness (QED) is 0.592. The van der Waals surface area contributed by atoms with Gasteiger partial charge in [-0.15, -0.1) is 0 Å². The molecule has 0 aliphatic rings. The maximum absolute atomic E-state index is 12.0. The van der Waals surface area contributed by atoms with E-state index in [1.54, 1.807) is 12.1 Å². The van der Waals surface area contributed by atoms with E-state index in [9.17, 15) is 4.79 Å². The van der Waals surface area contributed by atoms with Crippen molar-refractivity contribution in [3.05, 3.63) is 32.4 Å². The molecule has 0 unspecified atom stereocenters. The van der Waals surface area contributed by atoms with E-state index in [0.29, 0.717) is 23.2 Å². The third-order valence-corrected chi connectivity index (χ3v) is 4.20. The molecule has 1 aromatic rings. The molecule has 106 valence electrons. The van der Waals surface area contributed by atoms with Crippen LogP contribution in [0.4, 0.5) is 0 Å². The van der Waals surface area contributed by atoms with Gasteiger partial charge in [0.25, 0.3) is 5.91 Å². The average molecular weight is 395 g/mol. The van der Waals surface area contributed by atoms with Gasteiger partial charge in [0, 0.05) is 21.2 Å². The Labute approximate surface area is 133 Å². The molecule has 1 rings (SSSR count). The van der Waals surface area contributed by atoms with Crippen LogP contribution in [0.5, 0.6) is 0 Å². The lowest BCUT2D eigenvalue weighted by atomic mass is 10.2. The molecular formula is C14H20ClIN2O. The molecule has 0 aliphatic carbocycles. The van der Waals surface area contributed by atoms with Crippen LogP contribution >= 0.6 is 34.2 Å². The van der Waals surface area contributed by atoms with Gasteiger partial charge < -0.3 is 10.2 Å². The van der Waals surface area contributed by atoms with E-state index >= 15 is 0 Å². The summed E-state index contributed by atoms with van der Waals surface area (Å²) in [7, 11) is 2.09. The minimum absolute atomic E-state index is 0.0564. The first-order valence-corrected chi connectivity index (χ1v) is 7.81. The number of nitrogens with zero attached hydrogens (tertiary/aromatic N) is 1. The van der Waals surface area contributed by atoms with Crippen molar-refractivity contribution in [1.29, 1.82) is 0 Å². The van der Waals surface area contributed by atoms with E-state index < -0.39 is 0 Å². The molecule has 1 amide bonds. The summed E-state index contributed by atoms with van der Waals surface area (Å²) in [6.07, 6.45) is 0.942. The summed E-state index contributed by atoms with van der Waals surface area (Å²) in [5.74, 6) is -0.0564. The van der Waals surface area contributed by atoms with Crippen LogP contribution in [-0.2, 0) is 0 Å². The van der Waals surface area contributed by atoms with E-state index in [0.717, 1.165) is 16.5 Å². The van der Waals surface area contributed by atoms with Gasteiger partial charge in [0.15, 0.2) is 0 Å². The van der Waals surface area contributed by atoms with Crippen molar-refractivity contribution in [1.82, 2.24) is 10.2 Å². The standard InChI is InChI=1S/C14H20ClIN2O/c1-10(2)18(3)8-4-7-17-14(19)12-9-11(15)5-6-13(12)16/h5-6,9-10H,4,7-8H2,1-3H3,(H,17,19). The molecule has 19 heavy (non-hydrogen) atoms. The maximum atomic E-state index is 12.0. The second-order valence-electron chi connectivity index (χ2n) is 4.81. The highest BCUT2D eigenvalue weighted by Crippen LogP contribution is 2.17. The number of carbonyl (C=O) groups excluding carboxylic acids is 1. The highest BCUT2D eigenvalue weighted by atomic mass is 127. The van der Waals surface area contributed by atoms with Crippen LogP contribution in [0.3, 0.4) is 0 Å². The molecule has 1 aromatic carbocycles. The van der Waals surface area contributed by atoms with Gasteiger partial charge in [-0.25, -0.2) is 0 Å². The Balaban J connectivity index is 2.41. The van der Waals surface area contributed by atoms with Gasteiger partial charge in [0.2, 0.25) is 0 Å². The van der Waals surface area contributed by atoms with Crippen LogP contribution in [0.15, 0.2) is 18.2 Å². The summed E-state index contributed by atoms with van der Waals surface area (Å²) in [6, 6.07) is 5.88. The largest absolute Gasteiger partial charge is 0.352 e. The van der Waals surface area contributed by atoms with Gasteiger partial charge in [-0.2, -0.15) is 0 Å². The van der Waals surface area contributed by atoms with Crippen LogP contribution in [0, 0.1) is 3.57 Å². The van der Waals surface area contributed by atoms with E-state index in [1.165, 1.54) is 0 Å². The second kappa shape index (κ2) is 8.07. The highest BCUT2D eigenvalue weighted by molar-refractivity contribution is 14.1. The minimum atomic E-state index is -0.0564. The Morgan fingerprint density at radius 3 is 2.79 bits per heavy atom. The monoisotopic (exact) mass is 394 g/mol. The van der Waals surface area contributed by atoms with Crippen LogP contribution in [0.2, 0.25) is 5.02 Å². The van der Waals surface area contributed by atoms with Crippen molar-refractivity contribution < 1.29 is 4.79 Å². The van der Waals surface area contributed by atoms with Gasteiger partial charge in [0.1, 0.15) is 0 Å². The molecule has 3 nitrogen and oxygen atoms in total. The first-order chi connectivity index (χ1) is 8.91. The van der Waals surface area contributed by atoms with Crippen LogP contribution in [0.25, 0.3) is 0 Å². The third kappa shape index (κ3) is 5.67. The number of carbonyl (C=O) groups is 1. The molecule has 0 aromatic heterocycles. The molecule has 1 N–H and O–H groups in total. The van der Waals surface area contributed by atoms with Gasteiger partial charge in [0.05, 0.1) is 5.56 Å². The molecule has 5 heteroatoms. The lowest BCUT2D eigenvalue weighted by Gasteiger charge is -2.20. The fourth-order valence-electron chi connectivity index (χ4n) is 1.56. The number of hydrogen-bond donors (Lipinski definition) is 1. The minimum Gasteiger partial charge on any atom is -0.352 e. The number of hydrogen-bond acceptors (Lipinski definition) is 2. The van der Waals surface area contributed by atoms with Crippen LogP contribution in [-0.4, -0.2) is 37.0 Å². The number of amides is 1. The molecular weight excluding hydrogens is 375 g/mol. The molecule has 0 atom stereocenters. The SMILES string of the molecule is CC(C)N(C)CCCNC(=O)c1cc(Cl)ccc1I. The average Bonchev–Trinajstić information content (AvgIpc) is 2.36. The Bertz CT molecular complexity index is 437. The summed E-state index contributed by atoms with van der Waals surface area (Å²) in [5, 5.41) is 3.52. The summed E-state index contributed by atoms with van der Waals surface area (Å²) in [6.45, 7) is 5.98. The van der Waals surface area contributed by atoms with Crippen LogP contribution in [0.1, 0.15) is 30.6 Å². The van der Waals surface area contributed by atoms with E-state index in [1.807, 2.05) is 6.07 Å². The van der Waals surface area contributed by atoms with E-state index in [4.69, 9.17) is 11.6 Å². The molecule has 0 saturated heterocycles. The summed E-state index contributed by atoms with van der Waals surface area (Å²) in [5.41, 5.74) is 0.644. The zero-order valence-corrected chi connectivity index (χ0v) is 14.5. The molecule has 0 saturated carbocycles. The second-order valence-corrected chi connectivity index (χ2v) is 6.41.